The molecule has 0 aliphatic carbocycles. The number of piperidine rings is 1. The maximum absolute atomic E-state index is 12.6. The zero-order chi connectivity index (χ0) is 20.4. The normalized spacial score (nSPS) is 16.0. The average molecular weight is 433 g/mol. The van der Waals surface area contributed by atoms with Gasteiger partial charge < -0.3 is 4.42 Å². The number of nitrogens with one attached hydrogen (secondary N) is 1. The lowest BCUT2D eigenvalue weighted by Gasteiger charge is -2.29. The van der Waals surface area contributed by atoms with E-state index in [1.54, 1.807) is 17.5 Å². The molecular weight excluding hydrogens is 412 g/mol. The molecule has 3 aromatic rings. The van der Waals surface area contributed by atoms with E-state index in [4.69, 9.17) is 4.42 Å². The maximum Gasteiger partial charge on any atom is 0.322 e. The summed E-state index contributed by atoms with van der Waals surface area (Å²) in [5.41, 5.74) is 1.89. The van der Waals surface area contributed by atoms with Crippen LogP contribution in [-0.2, 0) is 14.8 Å². The predicted molar refractivity (Wildman–Crippen MR) is 109 cm³/mol. The minimum Gasteiger partial charge on any atom is -0.403 e. The van der Waals surface area contributed by atoms with E-state index in [1.807, 2.05) is 31.2 Å². The van der Waals surface area contributed by atoms with Gasteiger partial charge in [-0.25, -0.2) is 8.42 Å². The zero-order valence-corrected chi connectivity index (χ0v) is 17.4. The molecule has 2 aromatic heterocycles. The molecule has 0 unspecified atom stereocenters. The van der Waals surface area contributed by atoms with Gasteiger partial charge in [0.15, 0.2) is 0 Å². The highest BCUT2D eigenvalue weighted by Gasteiger charge is 2.33. The highest BCUT2D eigenvalue weighted by atomic mass is 32.2. The largest absolute Gasteiger partial charge is 0.403 e. The number of hydrogen-bond donors (Lipinski definition) is 1. The molecule has 1 N–H and O–H groups in total. The highest BCUT2D eigenvalue weighted by molar-refractivity contribution is 7.91. The molecule has 0 saturated carbocycles. The van der Waals surface area contributed by atoms with Crippen LogP contribution in [-0.4, -0.2) is 41.9 Å². The zero-order valence-electron chi connectivity index (χ0n) is 15.7. The fourth-order valence-electron chi connectivity index (χ4n) is 3.19. The molecule has 1 aromatic carbocycles. The van der Waals surface area contributed by atoms with Crippen molar-refractivity contribution >= 4 is 33.3 Å². The van der Waals surface area contributed by atoms with E-state index >= 15 is 0 Å². The van der Waals surface area contributed by atoms with Crippen LogP contribution in [0.1, 0.15) is 18.4 Å². The number of rotatable bonds is 5. The van der Waals surface area contributed by atoms with Gasteiger partial charge >= 0.3 is 6.01 Å². The molecule has 0 atom stereocenters. The van der Waals surface area contributed by atoms with Gasteiger partial charge in [0.1, 0.15) is 4.21 Å². The van der Waals surface area contributed by atoms with Crippen LogP contribution in [0.2, 0.25) is 0 Å². The minimum atomic E-state index is -3.48. The van der Waals surface area contributed by atoms with Crippen LogP contribution in [0.3, 0.4) is 0 Å². The Labute approximate surface area is 172 Å². The Morgan fingerprint density at radius 3 is 2.55 bits per heavy atom. The molecule has 0 radical (unpaired) electrons. The molecule has 152 valence electrons. The lowest BCUT2D eigenvalue weighted by Crippen LogP contribution is -2.41. The Balaban J connectivity index is 1.35. The van der Waals surface area contributed by atoms with Crippen molar-refractivity contribution < 1.29 is 17.6 Å². The van der Waals surface area contributed by atoms with Gasteiger partial charge in [-0.2, -0.15) is 4.31 Å². The first-order valence-corrected chi connectivity index (χ1v) is 11.5. The van der Waals surface area contributed by atoms with Gasteiger partial charge in [0.2, 0.25) is 11.8 Å². The van der Waals surface area contributed by atoms with Gasteiger partial charge in [0.25, 0.3) is 10.0 Å². The summed E-state index contributed by atoms with van der Waals surface area (Å²) in [6, 6.07) is 11.0. The molecule has 1 aliphatic heterocycles. The first kappa shape index (κ1) is 19.7. The van der Waals surface area contributed by atoms with E-state index in [0.717, 1.165) is 11.1 Å². The molecule has 1 amide bonds. The van der Waals surface area contributed by atoms with Crippen LogP contribution >= 0.6 is 11.3 Å². The number of benzene rings is 1. The predicted octanol–water partition coefficient (Wildman–Crippen LogP) is 3.15. The second-order valence-corrected chi connectivity index (χ2v) is 9.99. The number of sulfonamides is 1. The van der Waals surface area contributed by atoms with Gasteiger partial charge in [-0.1, -0.05) is 28.9 Å². The fourth-order valence-corrected chi connectivity index (χ4v) is 5.80. The van der Waals surface area contributed by atoms with Gasteiger partial charge in [0.05, 0.1) is 0 Å². The van der Waals surface area contributed by atoms with Crippen LogP contribution in [0.15, 0.2) is 50.4 Å². The first-order valence-electron chi connectivity index (χ1n) is 9.18. The Morgan fingerprint density at radius 2 is 1.90 bits per heavy atom. The van der Waals surface area contributed by atoms with Gasteiger partial charge in [-0.15, -0.1) is 16.4 Å². The molecule has 29 heavy (non-hydrogen) atoms. The minimum absolute atomic E-state index is 0.0409. The molecule has 1 aliphatic rings. The number of nitrogens with zero attached hydrogens (tertiary/aromatic N) is 3. The Morgan fingerprint density at radius 1 is 1.17 bits per heavy atom. The fraction of sp³-hybridized carbons (Fsp3) is 0.316. The first-order chi connectivity index (χ1) is 13.9. The Hall–Kier alpha value is -2.56. The third-order valence-electron chi connectivity index (χ3n) is 4.87. The molecule has 8 nitrogen and oxygen atoms in total. The molecule has 4 rings (SSSR count). The summed E-state index contributed by atoms with van der Waals surface area (Å²) in [5, 5.41) is 12.2. The van der Waals surface area contributed by atoms with Crippen LogP contribution in [0.4, 0.5) is 6.01 Å². The summed E-state index contributed by atoms with van der Waals surface area (Å²) in [6.07, 6.45) is 0.880. The molecule has 3 heterocycles. The third-order valence-corrected chi connectivity index (χ3v) is 8.14. The van der Waals surface area contributed by atoms with Crippen molar-refractivity contribution in [2.24, 2.45) is 5.92 Å². The number of hydrogen-bond acceptors (Lipinski definition) is 7. The number of amides is 1. The molecule has 0 spiro atoms. The monoisotopic (exact) mass is 432 g/mol. The van der Waals surface area contributed by atoms with E-state index in [1.165, 1.54) is 15.6 Å². The summed E-state index contributed by atoms with van der Waals surface area (Å²) in [6.45, 7) is 2.59. The van der Waals surface area contributed by atoms with Crippen molar-refractivity contribution in [3.63, 3.8) is 0 Å². The van der Waals surface area contributed by atoms with Crippen molar-refractivity contribution in [2.45, 2.75) is 24.0 Å². The van der Waals surface area contributed by atoms with E-state index in [2.05, 4.69) is 15.5 Å². The van der Waals surface area contributed by atoms with Crippen molar-refractivity contribution in [3.05, 3.63) is 47.3 Å². The van der Waals surface area contributed by atoms with E-state index < -0.39 is 10.0 Å². The van der Waals surface area contributed by atoms with Crippen LogP contribution in [0, 0.1) is 12.8 Å². The summed E-state index contributed by atoms with van der Waals surface area (Å²) in [5.74, 6) is -0.214. The standard InChI is InChI=1S/C19H20N4O4S2/c1-13-4-6-15(7-5-13)18-21-22-19(27-18)20-17(24)14-8-10-23(11-9-14)29(25,26)16-3-2-12-28-16/h2-7,12,14H,8-11H2,1H3,(H,20,22,24). The van der Waals surface area contributed by atoms with Crippen LogP contribution in [0.5, 0.6) is 0 Å². The number of anilines is 1. The molecule has 1 fully saturated rings. The van der Waals surface area contributed by atoms with Crippen LogP contribution < -0.4 is 5.32 Å². The molecular formula is C19H20N4O4S2. The van der Waals surface area contributed by atoms with Crippen molar-refractivity contribution in [1.29, 1.82) is 0 Å². The molecule has 1 saturated heterocycles. The summed E-state index contributed by atoms with van der Waals surface area (Å²) in [4.78, 5) is 12.5. The summed E-state index contributed by atoms with van der Waals surface area (Å²) >= 11 is 1.20. The molecule has 0 bridgehead atoms. The average Bonchev–Trinajstić information content (AvgIpc) is 3.41. The molecule has 10 heteroatoms. The number of aromatic nitrogens is 2. The number of thiophene rings is 1. The lowest BCUT2D eigenvalue weighted by atomic mass is 9.97. The smallest absolute Gasteiger partial charge is 0.322 e. The van der Waals surface area contributed by atoms with Gasteiger partial charge in [-0.3, -0.25) is 10.1 Å². The quantitative estimate of drug-likeness (QED) is 0.664. The lowest BCUT2D eigenvalue weighted by molar-refractivity contribution is -0.121. The second kappa shape index (κ2) is 8.05. The Kier molecular flexibility index (Phi) is 5.48. The number of carbonyl (C=O) groups is 1. The highest BCUT2D eigenvalue weighted by Crippen LogP contribution is 2.27. The van der Waals surface area contributed by atoms with Gasteiger partial charge in [0, 0.05) is 24.6 Å². The van der Waals surface area contributed by atoms with E-state index in [-0.39, 0.29) is 17.8 Å². The summed E-state index contributed by atoms with van der Waals surface area (Å²) in [7, 11) is -3.48. The second-order valence-electron chi connectivity index (χ2n) is 6.88. The topological polar surface area (TPSA) is 105 Å². The number of aryl methyl sites for hydroxylation is 1. The van der Waals surface area contributed by atoms with Gasteiger partial charge in [-0.05, 0) is 43.3 Å². The van der Waals surface area contributed by atoms with Crippen molar-refractivity contribution in [1.82, 2.24) is 14.5 Å². The maximum atomic E-state index is 12.6. The van der Waals surface area contributed by atoms with E-state index in [9.17, 15) is 13.2 Å². The van der Waals surface area contributed by atoms with Crippen LogP contribution in [0.25, 0.3) is 11.5 Å². The van der Waals surface area contributed by atoms with Crippen molar-refractivity contribution in [2.75, 3.05) is 18.4 Å². The third kappa shape index (κ3) is 4.24. The Bertz CT molecular complexity index is 1080. The van der Waals surface area contributed by atoms with Crippen molar-refractivity contribution in [3.8, 4) is 11.5 Å². The summed E-state index contributed by atoms with van der Waals surface area (Å²) < 4.78 is 32.5. The van der Waals surface area contributed by atoms with E-state index in [0.29, 0.717) is 36.0 Å². The number of carbonyl (C=O) groups excluding carboxylic acids is 1. The SMILES string of the molecule is Cc1ccc(-c2nnc(NC(=O)C3CCN(S(=O)(=O)c4cccs4)CC3)o2)cc1.